The van der Waals surface area contributed by atoms with Crippen LogP contribution >= 0.6 is 0 Å². The van der Waals surface area contributed by atoms with E-state index in [1.807, 2.05) is 24.4 Å². The highest BCUT2D eigenvalue weighted by Gasteiger charge is 2.08. The SMILES string of the molecule is CS(=O)(=O)c1ccc(NCc2cccc3cc[nH]c23)cn1. The standard InChI is InChI=1S/C15H15N3O2S/c1-21(19,20)14-6-5-13(10-18-14)17-9-12-4-2-3-11-7-8-16-15(11)12/h2-8,10,16-17H,9H2,1H3. The number of rotatable bonds is 4. The van der Waals surface area contributed by atoms with E-state index in [2.05, 4.69) is 21.4 Å². The van der Waals surface area contributed by atoms with Crippen molar-refractivity contribution in [3.63, 3.8) is 0 Å². The first-order valence-corrected chi connectivity index (χ1v) is 8.38. The molecule has 1 aromatic carbocycles. The molecular formula is C15H15N3O2S. The van der Waals surface area contributed by atoms with E-state index >= 15 is 0 Å². The van der Waals surface area contributed by atoms with Crippen molar-refractivity contribution < 1.29 is 8.42 Å². The molecule has 3 rings (SSSR count). The van der Waals surface area contributed by atoms with Gasteiger partial charge in [0.2, 0.25) is 0 Å². The molecule has 2 heterocycles. The summed E-state index contributed by atoms with van der Waals surface area (Å²) >= 11 is 0. The molecule has 108 valence electrons. The zero-order valence-electron chi connectivity index (χ0n) is 11.5. The number of sulfone groups is 1. The number of fused-ring (bicyclic) bond motifs is 1. The Balaban J connectivity index is 1.77. The van der Waals surface area contributed by atoms with Gasteiger partial charge in [0.1, 0.15) is 0 Å². The number of benzene rings is 1. The predicted octanol–water partition coefficient (Wildman–Crippen LogP) is 2.58. The van der Waals surface area contributed by atoms with Crippen LogP contribution in [0, 0.1) is 0 Å². The fraction of sp³-hybridized carbons (Fsp3) is 0.133. The van der Waals surface area contributed by atoms with Crippen LogP contribution in [0.3, 0.4) is 0 Å². The van der Waals surface area contributed by atoms with Gasteiger partial charge in [-0.1, -0.05) is 18.2 Å². The maximum Gasteiger partial charge on any atom is 0.192 e. The normalized spacial score (nSPS) is 11.7. The Bertz CT molecular complexity index is 867. The van der Waals surface area contributed by atoms with Crippen LogP contribution < -0.4 is 5.32 Å². The van der Waals surface area contributed by atoms with Crippen molar-refractivity contribution in [2.45, 2.75) is 11.6 Å². The van der Waals surface area contributed by atoms with Crippen LogP contribution in [-0.4, -0.2) is 24.6 Å². The maximum atomic E-state index is 11.4. The van der Waals surface area contributed by atoms with Gasteiger partial charge in [-0.15, -0.1) is 0 Å². The van der Waals surface area contributed by atoms with E-state index in [0.29, 0.717) is 6.54 Å². The van der Waals surface area contributed by atoms with Crippen LogP contribution in [0.5, 0.6) is 0 Å². The number of anilines is 1. The molecule has 0 aliphatic heterocycles. The zero-order valence-corrected chi connectivity index (χ0v) is 12.3. The van der Waals surface area contributed by atoms with Gasteiger partial charge in [0.25, 0.3) is 0 Å². The first-order valence-electron chi connectivity index (χ1n) is 6.49. The molecule has 0 fully saturated rings. The van der Waals surface area contributed by atoms with E-state index in [0.717, 1.165) is 23.0 Å². The molecular weight excluding hydrogens is 286 g/mol. The molecule has 0 saturated heterocycles. The van der Waals surface area contributed by atoms with E-state index in [1.165, 1.54) is 17.6 Å². The number of nitrogens with zero attached hydrogens (tertiary/aromatic N) is 1. The second-order valence-electron chi connectivity index (χ2n) is 4.87. The molecule has 0 radical (unpaired) electrons. The van der Waals surface area contributed by atoms with Gasteiger partial charge >= 0.3 is 0 Å². The van der Waals surface area contributed by atoms with E-state index in [-0.39, 0.29) is 5.03 Å². The van der Waals surface area contributed by atoms with Crippen molar-refractivity contribution in [3.8, 4) is 0 Å². The highest BCUT2D eigenvalue weighted by molar-refractivity contribution is 7.90. The monoisotopic (exact) mass is 301 g/mol. The fourth-order valence-corrected chi connectivity index (χ4v) is 2.76. The highest BCUT2D eigenvalue weighted by Crippen LogP contribution is 2.18. The molecule has 0 spiro atoms. The highest BCUT2D eigenvalue weighted by atomic mass is 32.2. The fourth-order valence-electron chi connectivity index (χ4n) is 2.20. The topological polar surface area (TPSA) is 74.8 Å². The van der Waals surface area contributed by atoms with E-state index in [4.69, 9.17) is 0 Å². The number of aromatic amines is 1. The Morgan fingerprint density at radius 3 is 2.76 bits per heavy atom. The third kappa shape index (κ3) is 2.90. The largest absolute Gasteiger partial charge is 0.380 e. The lowest BCUT2D eigenvalue weighted by atomic mass is 10.1. The van der Waals surface area contributed by atoms with E-state index in [9.17, 15) is 8.42 Å². The second-order valence-corrected chi connectivity index (χ2v) is 6.83. The molecule has 0 atom stereocenters. The molecule has 2 aromatic heterocycles. The summed E-state index contributed by atoms with van der Waals surface area (Å²) in [5.41, 5.74) is 3.03. The second kappa shape index (κ2) is 5.21. The summed E-state index contributed by atoms with van der Waals surface area (Å²) in [6.45, 7) is 0.637. The third-order valence-electron chi connectivity index (χ3n) is 3.27. The van der Waals surface area contributed by atoms with Crippen molar-refractivity contribution >= 4 is 26.4 Å². The van der Waals surface area contributed by atoms with Gasteiger partial charge in [0.15, 0.2) is 14.9 Å². The van der Waals surface area contributed by atoms with E-state index in [1.54, 1.807) is 6.07 Å². The van der Waals surface area contributed by atoms with E-state index < -0.39 is 9.84 Å². The van der Waals surface area contributed by atoms with Gasteiger partial charge in [0.05, 0.1) is 17.4 Å². The molecule has 5 nitrogen and oxygen atoms in total. The third-order valence-corrected chi connectivity index (χ3v) is 4.27. The Labute approximate surface area is 123 Å². The Morgan fingerprint density at radius 2 is 2.05 bits per heavy atom. The zero-order chi connectivity index (χ0) is 14.9. The van der Waals surface area contributed by atoms with Crippen LogP contribution in [0.2, 0.25) is 0 Å². The van der Waals surface area contributed by atoms with Crippen LogP contribution in [0.1, 0.15) is 5.56 Å². The first kappa shape index (κ1) is 13.6. The summed E-state index contributed by atoms with van der Waals surface area (Å²) < 4.78 is 22.7. The Morgan fingerprint density at radius 1 is 1.19 bits per heavy atom. The lowest BCUT2D eigenvalue weighted by molar-refractivity contribution is 0.598. The quantitative estimate of drug-likeness (QED) is 0.776. The minimum Gasteiger partial charge on any atom is -0.380 e. The Kier molecular flexibility index (Phi) is 3.39. The number of hydrogen-bond donors (Lipinski definition) is 2. The lowest BCUT2D eigenvalue weighted by Gasteiger charge is -2.08. The summed E-state index contributed by atoms with van der Waals surface area (Å²) in [4.78, 5) is 7.17. The molecule has 0 amide bonds. The number of pyridine rings is 1. The minimum absolute atomic E-state index is 0.0829. The van der Waals surface area contributed by atoms with Crippen LogP contribution in [0.4, 0.5) is 5.69 Å². The van der Waals surface area contributed by atoms with Crippen molar-refractivity contribution in [1.82, 2.24) is 9.97 Å². The van der Waals surface area contributed by atoms with Crippen molar-refractivity contribution in [3.05, 3.63) is 54.4 Å². The first-order chi connectivity index (χ1) is 10.0. The molecule has 0 saturated carbocycles. The van der Waals surface area contributed by atoms with Crippen LogP contribution in [0.25, 0.3) is 10.9 Å². The summed E-state index contributed by atoms with van der Waals surface area (Å²) in [5, 5.41) is 4.49. The minimum atomic E-state index is -3.25. The van der Waals surface area contributed by atoms with Gasteiger partial charge < -0.3 is 10.3 Å². The molecule has 0 bridgehead atoms. The average Bonchev–Trinajstić information content (AvgIpc) is 2.93. The predicted molar refractivity (Wildman–Crippen MR) is 83.0 cm³/mol. The lowest BCUT2D eigenvalue weighted by Crippen LogP contribution is -2.03. The number of hydrogen-bond acceptors (Lipinski definition) is 4. The summed E-state index contributed by atoms with van der Waals surface area (Å²) in [6, 6.07) is 11.4. The molecule has 3 aromatic rings. The molecule has 0 aliphatic rings. The van der Waals surface area contributed by atoms with Gasteiger partial charge in [-0.2, -0.15) is 0 Å². The maximum absolute atomic E-state index is 11.4. The molecule has 21 heavy (non-hydrogen) atoms. The van der Waals surface area contributed by atoms with Gasteiger partial charge in [0, 0.05) is 19.0 Å². The number of aromatic nitrogens is 2. The summed E-state index contributed by atoms with van der Waals surface area (Å²) in [5.74, 6) is 0. The summed E-state index contributed by atoms with van der Waals surface area (Å²) in [6.07, 6.45) is 4.59. The Hall–Kier alpha value is -2.34. The van der Waals surface area contributed by atoms with Crippen molar-refractivity contribution in [2.24, 2.45) is 0 Å². The van der Waals surface area contributed by atoms with Gasteiger partial charge in [-0.05, 0) is 29.1 Å². The number of para-hydroxylation sites is 1. The number of H-pyrrole nitrogens is 1. The van der Waals surface area contributed by atoms with Crippen LogP contribution in [0.15, 0.2) is 53.8 Å². The smallest absolute Gasteiger partial charge is 0.192 e. The van der Waals surface area contributed by atoms with Crippen molar-refractivity contribution in [2.75, 3.05) is 11.6 Å². The molecule has 6 heteroatoms. The van der Waals surface area contributed by atoms with Crippen LogP contribution in [-0.2, 0) is 16.4 Å². The molecule has 2 N–H and O–H groups in total. The van der Waals surface area contributed by atoms with Gasteiger partial charge in [-0.25, -0.2) is 13.4 Å². The summed E-state index contributed by atoms with van der Waals surface area (Å²) in [7, 11) is -3.25. The number of nitrogens with one attached hydrogen (secondary N) is 2. The molecule has 0 aliphatic carbocycles. The molecule has 0 unspecified atom stereocenters. The average molecular weight is 301 g/mol. The van der Waals surface area contributed by atoms with Gasteiger partial charge in [-0.3, -0.25) is 0 Å². The van der Waals surface area contributed by atoms with Crippen molar-refractivity contribution in [1.29, 1.82) is 0 Å².